The van der Waals surface area contributed by atoms with Crippen molar-refractivity contribution in [2.45, 2.75) is 12.8 Å². The van der Waals surface area contributed by atoms with Gasteiger partial charge in [-0.25, -0.2) is 0 Å². The van der Waals surface area contributed by atoms with E-state index in [1.807, 2.05) is 44.3 Å². The van der Waals surface area contributed by atoms with Gasteiger partial charge in [-0.15, -0.1) is 0 Å². The Morgan fingerprint density at radius 3 is 2.63 bits per heavy atom. The van der Waals surface area contributed by atoms with Crippen LogP contribution in [-0.4, -0.2) is 22.2 Å². The molecule has 0 bridgehead atoms. The number of aryl methyl sites for hydroxylation is 2. The first-order valence-electron chi connectivity index (χ1n) is 6.18. The number of amides is 1. The Bertz CT molecular complexity index is 562. The van der Waals surface area contributed by atoms with E-state index in [0.717, 1.165) is 16.9 Å². The van der Waals surface area contributed by atoms with Crippen molar-refractivity contribution in [3.05, 3.63) is 47.8 Å². The summed E-state index contributed by atoms with van der Waals surface area (Å²) in [4.78, 5) is 12.3. The maximum atomic E-state index is 12.3. The van der Waals surface area contributed by atoms with Crippen molar-refractivity contribution in [3.63, 3.8) is 0 Å². The summed E-state index contributed by atoms with van der Waals surface area (Å²) in [6, 6.07) is 9.54. The lowest BCUT2D eigenvalue weighted by Crippen LogP contribution is -2.27. The zero-order chi connectivity index (χ0) is 13.8. The lowest BCUT2D eigenvalue weighted by Gasteiger charge is -2.14. The van der Waals surface area contributed by atoms with Gasteiger partial charge in [-0.05, 0) is 12.5 Å². The molecule has 2 aromatic rings. The number of hydrogen-bond acceptors (Lipinski definition) is 3. The molecule has 0 saturated heterocycles. The average molecular weight is 258 g/mol. The van der Waals surface area contributed by atoms with E-state index in [4.69, 9.17) is 5.73 Å². The Labute approximate surface area is 112 Å². The van der Waals surface area contributed by atoms with Crippen molar-refractivity contribution in [2.24, 2.45) is 12.8 Å². The van der Waals surface area contributed by atoms with Crippen LogP contribution in [0, 0.1) is 6.92 Å². The summed E-state index contributed by atoms with van der Waals surface area (Å²) in [5.41, 5.74) is 8.16. The van der Waals surface area contributed by atoms with Gasteiger partial charge in [0.25, 0.3) is 0 Å². The summed E-state index contributed by atoms with van der Waals surface area (Å²) in [6.45, 7) is 2.13. The molecule has 0 aliphatic heterocycles. The van der Waals surface area contributed by atoms with E-state index in [1.54, 1.807) is 10.9 Å². The Hall–Kier alpha value is -2.14. The quantitative estimate of drug-likeness (QED) is 0.871. The van der Waals surface area contributed by atoms with Crippen molar-refractivity contribution in [3.8, 4) is 0 Å². The van der Waals surface area contributed by atoms with E-state index < -0.39 is 0 Å². The fourth-order valence-corrected chi connectivity index (χ4v) is 2.02. The molecular formula is C14H18N4O. The number of nitrogens with two attached hydrogens (primary N) is 1. The van der Waals surface area contributed by atoms with Gasteiger partial charge in [-0.3, -0.25) is 9.48 Å². The number of nitrogens with zero attached hydrogens (tertiary/aromatic N) is 2. The normalized spacial score (nSPS) is 12.2. The fourth-order valence-electron chi connectivity index (χ4n) is 2.02. The zero-order valence-corrected chi connectivity index (χ0v) is 11.1. The van der Waals surface area contributed by atoms with Crippen LogP contribution in [0.25, 0.3) is 0 Å². The summed E-state index contributed by atoms with van der Waals surface area (Å²) >= 11 is 0. The highest BCUT2D eigenvalue weighted by Crippen LogP contribution is 2.18. The lowest BCUT2D eigenvalue weighted by atomic mass is 9.98. The molecule has 5 heteroatoms. The second kappa shape index (κ2) is 5.67. The maximum Gasteiger partial charge on any atom is 0.233 e. The first-order chi connectivity index (χ1) is 9.11. The predicted octanol–water partition coefficient (Wildman–Crippen LogP) is 1.41. The van der Waals surface area contributed by atoms with Gasteiger partial charge in [0.1, 0.15) is 0 Å². The van der Waals surface area contributed by atoms with Crippen LogP contribution in [-0.2, 0) is 11.8 Å². The number of carbonyl (C=O) groups excluding carboxylic acids is 1. The summed E-state index contributed by atoms with van der Waals surface area (Å²) in [5.74, 6) is -0.453. The van der Waals surface area contributed by atoms with Gasteiger partial charge < -0.3 is 11.1 Å². The third-order valence-electron chi connectivity index (χ3n) is 3.03. The second-order valence-corrected chi connectivity index (χ2v) is 4.49. The molecular weight excluding hydrogens is 240 g/mol. The molecule has 0 aliphatic rings. The molecule has 1 aromatic heterocycles. The van der Waals surface area contributed by atoms with Gasteiger partial charge in [0, 0.05) is 19.8 Å². The Morgan fingerprint density at radius 1 is 1.42 bits per heavy atom. The van der Waals surface area contributed by atoms with Crippen LogP contribution in [0.2, 0.25) is 0 Å². The Morgan fingerprint density at radius 2 is 2.11 bits per heavy atom. The van der Waals surface area contributed by atoms with Gasteiger partial charge in [0.15, 0.2) is 0 Å². The van der Waals surface area contributed by atoms with E-state index in [2.05, 4.69) is 10.4 Å². The van der Waals surface area contributed by atoms with Crippen LogP contribution in [0.3, 0.4) is 0 Å². The highest BCUT2D eigenvalue weighted by Gasteiger charge is 2.20. The lowest BCUT2D eigenvalue weighted by molar-refractivity contribution is -0.117. The van der Waals surface area contributed by atoms with E-state index in [0.29, 0.717) is 0 Å². The minimum atomic E-state index is -0.346. The largest absolute Gasteiger partial charge is 0.329 e. The molecule has 19 heavy (non-hydrogen) atoms. The van der Waals surface area contributed by atoms with Crippen molar-refractivity contribution in [1.29, 1.82) is 0 Å². The van der Waals surface area contributed by atoms with Crippen LogP contribution in [0.5, 0.6) is 0 Å². The van der Waals surface area contributed by atoms with Crippen LogP contribution in [0.1, 0.15) is 17.2 Å². The van der Waals surface area contributed by atoms with E-state index in [-0.39, 0.29) is 18.4 Å². The molecule has 100 valence electrons. The molecule has 1 atom stereocenters. The molecule has 5 nitrogen and oxygen atoms in total. The summed E-state index contributed by atoms with van der Waals surface area (Å²) in [6.07, 6.45) is 1.78. The molecule has 3 N–H and O–H groups in total. The monoisotopic (exact) mass is 258 g/mol. The van der Waals surface area contributed by atoms with Crippen LogP contribution in [0.15, 0.2) is 36.5 Å². The van der Waals surface area contributed by atoms with Gasteiger partial charge in [-0.1, -0.05) is 30.3 Å². The molecule has 1 unspecified atom stereocenters. The number of carbonyl (C=O) groups is 1. The maximum absolute atomic E-state index is 12.3. The SMILES string of the molecule is Cc1nn(C)cc1NC(=O)C(CN)c1ccccc1. The number of benzene rings is 1. The number of hydrogen-bond donors (Lipinski definition) is 2. The Balaban J connectivity index is 2.16. The number of aromatic nitrogens is 2. The first kappa shape index (κ1) is 13.3. The Kier molecular flexibility index (Phi) is 3.97. The van der Waals surface area contributed by atoms with Crippen molar-refractivity contribution < 1.29 is 4.79 Å². The van der Waals surface area contributed by atoms with Gasteiger partial charge in [0.05, 0.1) is 17.3 Å². The molecule has 0 saturated carbocycles. The number of nitrogens with one attached hydrogen (secondary N) is 1. The minimum absolute atomic E-state index is 0.107. The fraction of sp³-hybridized carbons (Fsp3) is 0.286. The minimum Gasteiger partial charge on any atom is -0.329 e. The molecule has 1 amide bonds. The topological polar surface area (TPSA) is 72.9 Å². The summed E-state index contributed by atoms with van der Waals surface area (Å²) < 4.78 is 1.67. The molecule has 2 rings (SSSR count). The summed E-state index contributed by atoms with van der Waals surface area (Å²) in [5, 5.41) is 7.07. The standard InChI is InChI=1S/C14H18N4O/c1-10-13(9-18(2)17-10)16-14(19)12(8-15)11-6-4-3-5-7-11/h3-7,9,12H,8,15H2,1-2H3,(H,16,19). The summed E-state index contributed by atoms with van der Waals surface area (Å²) in [7, 11) is 1.82. The van der Waals surface area contributed by atoms with E-state index >= 15 is 0 Å². The third kappa shape index (κ3) is 3.00. The van der Waals surface area contributed by atoms with Gasteiger partial charge >= 0.3 is 0 Å². The molecule has 1 heterocycles. The predicted molar refractivity (Wildman–Crippen MR) is 74.8 cm³/mol. The van der Waals surface area contributed by atoms with Crippen LogP contribution < -0.4 is 11.1 Å². The first-order valence-corrected chi connectivity index (χ1v) is 6.18. The molecule has 0 spiro atoms. The molecule has 0 fully saturated rings. The molecule has 0 aliphatic carbocycles. The zero-order valence-electron chi connectivity index (χ0n) is 11.1. The smallest absolute Gasteiger partial charge is 0.233 e. The molecule has 0 radical (unpaired) electrons. The average Bonchev–Trinajstić information content (AvgIpc) is 2.70. The highest BCUT2D eigenvalue weighted by molar-refractivity contribution is 5.96. The van der Waals surface area contributed by atoms with Crippen molar-refractivity contribution in [2.75, 3.05) is 11.9 Å². The number of anilines is 1. The second-order valence-electron chi connectivity index (χ2n) is 4.49. The van der Waals surface area contributed by atoms with E-state index in [1.165, 1.54) is 0 Å². The third-order valence-corrected chi connectivity index (χ3v) is 3.03. The van der Waals surface area contributed by atoms with Crippen molar-refractivity contribution >= 4 is 11.6 Å². The molecule has 1 aromatic carbocycles. The van der Waals surface area contributed by atoms with Gasteiger partial charge in [0.2, 0.25) is 5.91 Å². The van der Waals surface area contributed by atoms with Crippen LogP contribution in [0.4, 0.5) is 5.69 Å². The van der Waals surface area contributed by atoms with Crippen molar-refractivity contribution in [1.82, 2.24) is 9.78 Å². The van der Waals surface area contributed by atoms with Crippen LogP contribution >= 0.6 is 0 Å². The van der Waals surface area contributed by atoms with E-state index in [9.17, 15) is 4.79 Å². The van der Waals surface area contributed by atoms with Gasteiger partial charge in [-0.2, -0.15) is 5.10 Å². The highest BCUT2D eigenvalue weighted by atomic mass is 16.1. The number of rotatable bonds is 4.